The summed E-state index contributed by atoms with van der Waals surface area (Å²) in [5.74, 6) is 1.49. The zero-order valence-electron chi connectivity index (χ0n) is 15.6. The van der Waals surface area contributed by atoms with Gasteiger partial charge in [0.05, 0.1) is 19.4 Å². The molecule has 3 heterocycles. The topological polar surface area (TPSA) is 63.9 Å². The van der Waals surface area contributed by atoms with Crippen molar-refractivity contribution in [2.75, 3.05) is 38.7 Å². The Morgan fingerprint density at radius 2 is 2.04 bits per heavy atom. The number of nitrogens with zero attached hydrogens (tertiary/aromatic N) is 4. The first kappa shape index (κ1) is 17.6. The molecule has 0 aliphatic carbocycles. The van der Waals surface area contributed by atoms with Crippen molar-refractivity contribution in [3.63, 3.8) is 0 Å². The summed E-state index contributed by atoms with van der Waals surface area (Å²) in [5, 5.41) is 7.56. The lowest BCUT2D eigenvalue weighted by molar-refractivity contribution is 0.254. The molecular weight excluding hydrogens is 342 g/mol. The summed E-state index contributed by atoms with van der Waals surface area (Å²) in [5.41, 5.74) is 2.59. The average molecular weight is 367 g/mol. The molecule has 0 bridgehead atoms. The standard InChI is InChI=1S/C20H25N5O2/c1-26-18-8-7-16(23-17-6-4-12-25-20(17)21-15-22-25)14-19(18)27-13-5-11-24-9-2-3-10-24/h4,6-8,12,14-15,23H,2-3,5,9-11,13H2,1H3. The van der Waals surface area contributed by atoms with Crippen molar-refractivity contribution in [3.05, 3.63) is 42.9 Å². The van der Waals surface area contributed by atoms with E-state index in [1.807, 2.05) is 36.5 Å². The molecule has 1 aliphatic heterocycles. The summed E-state index contributed by atoms with van der Waals surface area (Å²) >= 11 is 0. The summed E-state index contributed by atoms with van der Waals surface area (Å²) in [4.78, 5) is 6.80. The van der Waals surface area contributed by atoms with Crippen molar-refractivity contribution in [1.29, 1.82) is 0 Å². The second kappa shape index (κ2) is 8.26. The lowest BCUT2D eigenvalue weighted by atomic mass is 10.2. The van der Waals surface area contributed by atoms with Crippen LogP contribution in [0.4, 0.5) is 11.4 Å². The molecule has 7 nitrogen and oxygen atoms in total. The van der Waals surface area contributed by atoms with Crippen LogP contribution in [0.3, 0.4) is 0 Å². The number of methoxy groups -OCH3 is 1. The molecule has 7 heteroatoms. The van der Waals surface area contributed by atoms with Crippen molar-refractivity contribution in [2.24, 2.45) is 0 Å². The fourth-order valence-electron chi connectivity index (χ4n) is 3.44. The van der Waals surface area contributed by atoms with E-state index in [2.05, 4.69) is 20.3 Å². The number of fused-ring (bicyclic) bond motifs is 1. The van der Waals surface area contributed by atoms with E-state index in [4.69, 9.17) is 9.47 Å². The minimum atomic E-state index is 0.677. The number of hydrogen-bond acceptors (Lipinski definition) is 6. The van der Waals surface area contributed by atoms with Gasteiger partial charge in [0.25, 0.3) is 0 Å². The predicted molar refractivity (Wildman–Crippen MR) is 105 cm³/mol. The second-order valence-electron chi connectivity index (χ2n) is 6.69. The Morgan fingerprint density at radius 1 is 1.15 bits per heavy atom. The number of rotatable bonds is 8. The maximum absolute atomic E-state index is 6.01. The number of hydrogen-bond donors (Lipinski definition) is 1. The zero-order valence-corrected chi connectivity index (χ0v) is 15.6. The van der Waals surface area contributed by atoms with Crippen molar-refractivity contribution in [2.45, 2.75) is 19.3 Å². The summed E-state index contributed by atoms with van der Waals surface area (Å²) in [6, 6.07) is 9.76. The first-order valence-corrected chi connectivity index (χ1v) is 9.42. The van der Waals surface area contributed by atoms with Gasteiger partial charge in [0.2, 0.25) is 0 Å². The van der Waals surface area contributed by atoms with Crippen molar-refractivity contribution >= 4 is 17.0 Å². The van der Waals surface area contributed by atoms with E-state index in [1.165, 1.54) is 25.9 Å². The van der Waals surface area contributed by atoms with E-state index >= 15 is 0 Å². The average Bonchev–Trinajstić information content (AvgIpc) is 3.37. The molecule has 1 saturated heterocycles. The fourth-order valence-corrected chi connectivity index (χ4v) is 3.44. The molecule has 1 fully saturated rings. The highest BCUT2D eigenvalue weighted by atomic mass is 16.5. The highest BCUT2D eigenvalue weighted by Crippen LogP contribution is 2.32. The van der Waals surface area contributed by atoms with Gasteiger partial charge >= 0.3 is 0 Å². The van der Waals surface area contributed by atoms with Crippen LogP contribution < -0.4 is 14.8 Å². The van der Waals surface area contributed by atoms with Gasteiger partial charge in [-0.05, 0) is 56.6 Å². The van der Waals surface area contributed by atoms with Gasteiger partial charge in [0.15, 0.2) is 17.1 Å². The minimum Gasteiger partial charge on any atom is -0.493 e. The van der Waals surface area contributed by atoms with Crippen molar-refractivity contribution in [1.82, 2.24) is 19.5 Å². The fraction of sp³-hybridized carbons (Fsp3) is 0.400. The Kier molecular flexibility index (Phi) is 5.39. The number of ether oxygens (including phenoxy) is 2. The van der Waals surface area contributed by atoms with Crippen LogP contribution in [-0.4, -0.2) is 52.8 Å². The van der Waals surface area contributed by atoms with E-state index < -0.39 is 0 Å². The van der Waals surface area contributed by atoms with Gasteiger partial charge in [-0.25, -0.2) is 9.50 Å². The monoisotopic (exact) mass is 367 g/mol. The van der Waals surface area contributed by atoms with E-state index in [9.17, 15) is 0 Å². The second-order valence-corrected chi connectivity index (χ2v) is 6.69. The minimum absolute atomic E-state index is 0.677. The normalized spacial score (nSPS) is 14.6. The molecule has 142 valence electrons. The number of nitrogens with one attached hydrogen (secondary N) is 1. The van der Waals surface area contributed by atoms with Crippen LogP contribution in [0.25, 0.3) is 5.65 Å². The Hall–Kier alpha value is -2.80. The van der Waals surface area contributed by atoms with Gasteiger partial charge < -0.3 is 19.7 Å². The Balaban J connectivity index is 1.43. The van der Waals surface area contributed by atoms with E-state index in [1.54, 1.807) is 18.0 Å². The Morgan fingerprint density at radius 3 is 2.89 bits per heavy atom. The maximum Gasteiger partial charge on any atom is 0.178 e. The van der Waals surface area contributed by atoms with Crippen molar-refractivity contribution < 1.29 is 9.47 Å². The summed E-state index contributed by atoms with van der Waals surface area (Å²) < 4.78 is 13.2. The molecule has 1 N–H and O–H groups in total. The van der Waals surface area contributed by atoms with Crippen LogP contribution in [0, 0.1) is 0 Å². The van der Waals surface area contributed by atoms with Crippen LogP contribution in [0.1, 0.15) is 19.3 Å². The molecule has 1 aliphatic rings. The Labute approximate surface area is 158 Å². The predicted octanol–water partition coefficient (Wildman–Crippen LogP) is 3.35. The molecule has 0 radical (unpaired) electrons. The van der Waals surface area contributed by atoms with Gasteiger partial charge in [-0.15, -0.1) is 0 Å². The molecule has 27 heavy (non-hydrogen) atoms. The smallest absolute Gasteiger partial charge is 0.178 e. The number of likely N-dealkylation sites (tertiary alicyclic amines) is 1. The molecule has 0 atom stereocenters. The first-order valence-electron chi connectivity index (χ1n) is 9.42. The molecule has 0 unspecified atom stereocenters. The van der Waals surface area contributed by atoms with Crippen molar-refractivity contribution in [3.8, 4) is 11.5 Å². The van der Waals surface area contributed by atoms with Crippen LogP contribution in [0.15, 0.2) is 42.9 Å². The van der Waals surface area contributed by atoms with Gasteiger partial charge in [0, 0.05) is 24.5 Å². The number of benzene rings is 1. The molecule has 1 aromatic carbocycles. The van der Waals surface area contributed by atoms with Gasteiger partial charge in [-0.3, -0.25) is 0 Å². The molecule has 0 spiro atoms. The first-order chi connectivity index (χ1) is 13.3. The highest BCUT2D eigenvalue weighted by molar-refractivity contribution is 5.74. The highest BCUT2D eigenvalue weighted by Gasteiger charge is 2.12. The lowest BCUT2D eigenvalue weighted by Crippen LogP contribution is -2.21. The summed E-state index contributed by atoms with van der Waals surface area (Å²) in [6.07, 6.45) is 7.07. The third-order valence-electron chi connectivity index (χ3n) is 4.82. The maximum atomic E-state index is 6.01. The molecule has 2 aromatic heterocycles. The lowest BCUT2D eigenvalue weighted by Gasteiger charge is -2.16. The summed E-state index contributed by atoms with van der Waals surface area (Å²) in [6.45, 7) is 4.21. The molecule has 4 rings (SSSR count). The van der Waals surface area contributed by atoms with Crippen LogP contribution in [-0.2, 0) is 0 Å². The third kappa shape index (κ3) is 4.14. The van der Waals surface area contributed by atoms with Gasteiger partial charge in [-0.2, -0.15) is 5.10 Å². The molecular formula is C20H25N5O2. The van der Waals surface area contributed by atoms with Crippen LogP contribution in [0.5, 0.6) is 11.5 Å². The largest absolute Gasteiger partial charge is 0.493 e. The van der Waals surface area contributed by atoms with Gasteiger partial charge in [0.1, 0.15) is 6.33 Å². The summed E-state index contributed by atoms with van der Waals surface area (Å²) in [7, 11) is 1.66. The number of pyridine rings is 1. The van der Waals surface area contributed by atoms with E-state index in [0.717, 1.165) is 41.5 Å². The number of aromatic nitrogens is 3. The molecule has 3 aromatic rings. The number of anilines is 2. The van der Waals surface area contributed by atoms with Crippen LogP contribution >= 0.6 is 0 Å². The third-order valence-corrected chi connectivity index (χ3v) is 4.82. The Bertz CT molecular complexity index is 889. The van der Waals surface area contributed by atoms with E-state index in [0.29, 0.717) is 6.61 Å². The SMILES string of the molecule is COc1ccc(Nc2cccn3ncnc23)cc1OCCCN1CCCC1. The van der Waals surface area contributed by atoms with Crippen LogP contribution in [0.2, 0.25) is 0 Å². The van der Waals surface area contributed by atoms with E-state index in [-0.39, 0.29) is 0 Å². The molecule has 0 saturated carbocycles. The van der Waals surface area contributed by atoms with Gasteiger partial charge in [-0.1, -0.05) is 0 Å². The zero-order chi connectivity index (χ0) is 18.5. The molecule has 0 amide bonds. The quantitative estimate of drug-likeness (QED) is 0.616.